The second-order valence-electron chi connectivity index (χ2n) is 2.99. The zero-order valence-electron chi connectivity index (χ0n) is 7.87. The summed E-state index contributed by atoms with van der Waals surface area (Å²) in [5.41, 5.74) is 7.32. The third-order valence-electron chi connectivity index (χ3n) is 1.90. The van der Waals surface area contributed by atoms with Crippen LogP contribution in [0.1, 0.15) is 28.9 Å². The van der Waals surface area contributed by atoms with Crippen LogP contribution in [0.2, 0.25) is 0 Å². The normalized spacial score (nSPS) is 12.2. The number of nitrogens with two attached hydrogens (primary N) is 1. The summed E-state index contributed by atoms with van der Waals surface area (Å²) < 4.78 is 0. The molecule has 0 bridgehead atoms. The van der Waals surface area contributed by atoms with Gasteiger partial charge < -0.3 is 11.1 Å². The van der Waals surface area contributed by atoms with Gasteiger partial charge >= 0.3 is 0 Å². The Bertz CT molecular complexity index is 308. The van der Waals surface area contributed by atoms with Gasteiger partial charge in [0.25, 0.3) is 5.91 Å². The maximum atomic E-state index is 11.2. The topological polar surface area (TPSA) is 55.1 Å². The van der Waals surface area contributed by atoms with Crippen LogP contribution in [0.4, 0.5) is 0 Å². The smallest absolute Gasteiger partial charge is 0.251 e. The minimum Gasteiger partial charge on any atom is -0.355 e. The second kappa shape index (κ2) is 4.05. The van der Waals surface area contributed by atoms with Crippen molar-refractivity contribution in [1.29, 1.82) is 0 Å². The van der Waals surface area contributed by atoms with Gasteiger partial charge in [0, 0.05) is 18.7 Å². The van der Waals surface area contributed by atoms with Crippen LogP contribution >= 0.6 is 0 Å². The van der Waals surface area contributed by atoms with Crippen LogP contribution in [0.25, 0.3) is 0 Å². The molecule has 0 aromatic heterocycles. The van der Waals surface area contributed by atoms with Crippen molar-refractivity contribution in [3.05, 3.63) is 35.4 Å². The lowest BCUT2D eigenvalue weighted by molar-refractivity contribution is 0.0963. The summed E-state index contributed by atoms with van der Waals surface area (Å²) in [7, 11) is 1.61. The van der Waals surface area contributed by atoms with Crippen molar-refractivity contribution >= 4 is 5.91 Å². The standard InChI is InChI=1S/C10H14N2O/c1-7(11)8-4-3-5-9(6-8)10(13)12-2/h3-7H,11H2,1-2H3,(H,12,13)/t7-/m0/s1. The van der Waals surface area contributed by atoms with Crippen molar-refractivity contribution in [2.75, 3.05) is 7.05 Å². The molecule has 0 radical (unpaired) electrons. The monoisotopic (exact) mass is 178 g/mol. The minimum absolute atomic E-state index is 0.0374. The fourth-order valence-corrected chi connectivity index (χ4v) is 1.11. The Balaban J connectivity index is 2.98. The van der Waals surface area contributed by atoms with Gasteiger partial charge in [0.1, 0.15) is 0 Å². The first-order chi connectivity index (χ1) is 6.15. The summed E-state index contributed by atoms with van der Waals surface area (Å²) in [4.78, 5) is 11.2. The lowest BCUT2D eigenvalue weighted by Crippen LogP contribution is -2.18. The Hall–Kier alpha value is -1.35. The molecule has 0 aliphatic carbocycles. The molecule has 1 atom stereocenters. The van der Waals surface area contributed by atoms with Crippen LogP contribution in [0.15, 0.2) is 24.3 Å². The SMILES string of the molecule is CNC(=O)c1cccc([C@H](C)N)c1. The van der Waals surface area contributed by atoms with Crippen LogP contribution in [0, 0.1) is 0 Å². The molecule has 70 valence electrons. The largest absolute Gasteiger partial charge is 0.355 e. The van der Waals surface area contributed by atoms with Crippen molar-refractivity contribution in [2.24, 2.45) is 5.73 Å². The van der Waals surface area contributed by atoms with Crippen molar-refractivity contribution < 1.29 is 4.79 Å². The summed E-state index contributed by atoms with van der Waals surface area (Å²) in [5.74, 6) is -0.0810. The highest BCUT2D eigenvalue weighted by atomic mass is 16.1. The van der Waals surface area contributed by atoms with Gasteiger partial charge in [-0.1, -0.05) is 12.1 Å². The number of carbonyl (C=O) groups is 1. The second-order valence-corrected chi connectivity index (χ2v) is 2.99. The van der Waals surface area contributed by atoms with Gasteiger partial charge in [-0.3, -0.25) is 4.79 Å². The van der Waals surface area contributed by atoms with Gasteiger partial charge in [-0.05, 0) is 24.6 Å². The Labute approximate surface area is 77.9 Å². The first kappa shape index (κ1) is 9.74. The molecule has 1 rings (SSSR count). The summed E-state index contributed by atoms with van der Waals surface area (Å²) >= 11 is 0. The maximum absolute atomic E-state index is 11.2. The quantitative estimate of drug-likeness (QED) is 0.711. The van der Waals surface area contributed by atoms with Crippen LogP contribution < -0.4 is 11.1 Å². The maximum Gasteiger partial charge on any atom is 0.251 e. The van der Waals surface area contributed by atoms with Crippen LogP contribution in [0.5, 0.6) is 0 Å². The van der Waals surface area contributed by atoms with Crippen LogP contribution in [-0.4, -0.2) is 13.0 Å². The van der Waals surface area contributed by atoms with Gasteiger partial charge in [0.05, 0.1) is 0 Å². The molecule has 0 saturated carbocycles. The number of rotatable bonds is 2. The summed E-state index contributed by atoms with van der Waals surface area (Å²) in [6, 6.07) is 7.29. The van der Waals surface area contributed by atoms with Crippen molar-refractivity contribution in [3.63, 3.8) is 0 Å². The average Bonchev–Trinajstić information content (AvgIpc) is 2.17. The van der Waals surface area contributed by atoms with E-state index in [2.05, 4.69) is 5.32 Å². The van der Waals surface area contributed by atoms with Crippen molar-refractivity contribution in [1.82, 2.24) is 5.32 Å². The number of amides is 1. The lowest BCUT2D eigenvalue weighted by atomic mass is 10.1. The van der Waals surface area contributed by atoms with E-state index >= 15 is 0 Å². The predicted octanol–water partition coefficient (Wildman–Crippen LogP) is 1.07. The van der Waals surface area contributed by atoms with E-state index in [1.54, 1.807) is 13.1 Å². The molecule has 13 heavy (non-hydrogen) atoms. The molecular weight excluding hydrogens is 164 g/mol. The molecule has 0 unspecified atom stereocenters. The molecule has 3 N–H and O–H groups in total. The molecule has 1 amide bonds. The zero-order chi connectivity index (χ0) is 9.84. The molecular formula is C10H14N2O. The predicted molar refractivity (Wildman–Crippen MR) is 52.4 cm³/mol. The van der Waals surface area contributed by atoms with E-state index in [4.69, 9.17) is 5.73 Å². The zero-order valence-corrected chi connectivity index (χ0v) is 7.87. The highest BCUT2D eigenvalue weighted by Gasteiger charge is 2.05. The summed E-state index contributed by atoms with van der Waals surface area (Å²) in [6.07, 6.45) is 0. The third-order valence-corrected chi connectivity index (χ3v) is 1.90. The summed E-state index contributed by atoms with van der Waals surface area (Å²) in [5, 5.41) is 2.57. The molecule has 0 saturated heterocycles. The lowest BCUT2D eigenvalue weighted by Gasteiger charge is -2.06. The number of benzene rings is 1. The van der Waals surface area contributed by atoms with E-state index < -0.39 is 0 Å². The van der Waals surface area contributed by atoms with E-state index in [0.29, 0.717) is 5.56 Å². The molecule has 1 aromatic carbocycles. The number of nitrogens with one attached hydrogen (secondary N) is 1. The van der Waals surface area contributed by atoms with E-state index in [9.17, 15) is 4.79 Å². The number of carbonyl (C=O) groups excluding carboxylic acids is 1. The van der Waals surface area contributed by atoms with Gasteiger partial charge in [-0.25, -0.2) is 0 Å². The molecule has 0 heterocycles. The van der Waals surface area contributed by atoms with E-state index in [0.717, 1.165) is 5.56 Å². The van der Waals surface area contributed by atoms with Gasteiger partial charge in [-0.15, -0.1) is 0 Å². The molecule has 0 spiro atoms. The van der Waals surface area contributed by atoms with Crippen molar-refractivity contribution in [2.45, 2.75) is 13.0 Å². The summed E-state index contributed by atoms with van der Waals surface area (Å²) in [6.45, 7) is 1.89. The van der Waals surface area contributed by atoms with E-state index in [1.165, 1.54) is 0 Å². The molecule has 0 aliphatic rings. The van der Waals surface area contributed by atoms with E-state index in [1.807, 2.05) is 25.1 Å². The van der Waals surface area contributed by atoms with Gasteiger partial charge in [-0.2, -0.15) is 0 Å². The van der Waals surface area contributed by atoms with Gasteiger partial charge in [0.2, 0.25) is 0 Å². The minimum atomic E-state index is -0.0810. The number of hydrogen-bond acceptors (Lipinski definition) is 2. The highest BCUT2D eigenvalue weighted by Crippen LogP contribution is 2.11. The number of hydrogen-bond donors (Lipinski definition) is 2. The molecule has 0 aliphatic heterocycles. The Morgan fingerprint density at radius 3 is 2.77 bits per heavy atom. The Kier molecular flexibility index (Phi) is 3.03. The van der Waals surface area contributed by atoms with E-state index in [-0.39, 0.29) is 11.9 Å². The van der Waals surface area contributed by atoms with Crippen LogP contribution in [0.3, 0.4) is 0 Å². The van der Waals surface area contributed by atoms with Crippen molar-refractivity contribution in [3.8, 4) is 0 Å². The average molecular weight is 178 g/mol. The molecule has 0 fully saturated rings. The third kappa shape index (κ3) is 2.29. The molecule has 3 nitrogen and oxygen atoms in total. The van der Waals surface area contributed by atoms with Gasteiger partial charge in [0.15, 0.2) is 0 Å². The first-order valence-electron chi connectivity index (χ1n) is 4.22. The molecule has 1 aromatic rings. The van der Waals surface area contributed by atoms with Crippen LogP contribution in [-0.2, 0) is 0 Å². The fraction of sp³-hybridized carbons (Fsp3) is 0.300. The fourth-order valence-electron chi connectivity index (χ4n) is 1.11. The Morgan fingerprint density at radius 2 is 2.23 bits per heavy atom. The highest BCUT2D eigenvalue weighted by molar-refractivity contribution is 5.94. The Morgan fingerprint density at radius 1 is 1.54 bits per heavy atom. The molecule has 3 heteroatoms. The first-order valence-corrected chi connectivity index (χ1v) is 4.22.